The molecule has 1 heterocycles. The lowest BCUT2D eigenvalue weighted by atomic mass is 10.1. The van der Waals surface area contributed by atoms with Crippen molar-refractivity contribution in [2.75, 3.05) is 7.11 Å². The second-order valence-corrected chi connectivity index (χ2v) is 7.25. The fraction of sp³-hybridized carbons (Fsp3) is 0.524. The standard InChI is InChI=1S/C21H29F2N3O3/c1-8-17(29-19-13(3)9-12(2)10-14(19)4)15(5)26(28-7)21(27)16-11-25(6)24-18(16)20(22)23/h9-11,15,17,20H,8H2,1-7H3. The van der Waals surface area contributed by atoms with Crippen molar-refractivity contribution < 1.29 is 23.1 Å². The molecule has 6 nitrogen and oxygen atoms in total. The number of nitrogens with zero attached hydrogens (tertiary/aromatic N) is 3. The molecule has 8 heteroatoms. The van der Waals surface area contributed by atoms with Gasteiger partial charge in [0.05, 0.1) is 18.7 Å². The van der Waals surface area contributed by atoms with Crippen LogP contribution in [0.4, 0.5) is 8.78 Å². The lowest BCUT2D eigenvalue weighted by Crippen LogP contribution is -2.46. The van der Waals surface area contributed by atoms with Crippen LogP contribution in [0.5, 0.6) is 5.75 Å². The van der Waals surface area contributed by atoms with Crippen LogP contribution >= 0.6 is 0 Å². The first-order chi connectivity index (χ1) is 13.6. The van der Waals surface area contributed by atoms with Crippen LogP contribution < -0.4 is 4.74 Å². The van der Waals surface area contributed by atoms with Gasteiger partial charge in [-0.1, -0.05) is 24.6 Å². The molecule has 0 spiro atoms. The lowest BCUT2D eigenvalue weighted by molar-refractivity contribution is -0.139. The minimum Gasteiger partial charge on any atom is -0.488 e. The SMILES string of the molecule is CCC(Oc1c(C)cc(C)cc1C)C(C)N(OC)C(=O)c1cn(C)nc1C(F)F. The van der Waals surface area contributed by atoms with Gasteiger partial charge in [-0.3, -0.25) is 14.3 Å². The van der Waals surface area contributed by atoms with E-state index in [1.165, 1.54) is 25.0 Å². The molecule has 0 aliphatic carbocycles. The number of rotatable bonds is 8. The average molecular weight is 409 g/mol. The van der Waals surface area contributed by atoms with E-state index in [-0.39, 0.29) is 5.56 Å². The molecule has 1 aromatic heterocycles. The number of hydroxylamine groups is 2. The quantitative estimate of drug-likeness (QED) is 0.601. The zero-order chi connectivity index (χ0) is 21.9. The van der Waals surface area contributed by atoms with Crippen molar-refractivity contribution in [3.63, 3.8) is 0 Å². The van der Waals surface area contributed by atoms with Crippen LogP contribution in [0.1, 0.15) is 59.4 Å². The van der Waals surface area contributed by atoms with Crippen LogP contribution in [0, 0.1) is 20.8 Å². The maximum absolute atomic E-state index is 13.3. The molecule has 2 unspecified atom stereocenters. The van der Waals surface area contributed by atoms with Gasteiger partial charge in [0, 0.05) is 13.2 Å². The lowest BCUT2D eigenvalue weighted by Gasteiger charge is -2.33. The summed E-state index contributed by atoms with van der Waals surface area (Å²) in [6.07, 6.45) is -1.39. The summed E-state index contributed by atoms with van der Waals surface area (Å²) in [7, 11) is 2.83. The van der Waals surface area contributed by atoms with Crippen LogP contribution in [0.25, 0.3) is 0 Å². The number of carbonyl (C=O) groups is 1. The van der Waals surface area contributed by atoms with Gasteiger partial charge in [0.1, 0.15) is 17.5 Å². The Balaban J connectivity index is 2.31. The third kappa shape index (κ3) is 4.93. The zero-order valence-electron chi connectivity index (χ0n) is 18.0. The maximum atomic E-state index is 13.3. The number of hydrogen-bond acceptors (Lipinski definition) is 4. The first-order valence-electron chi connectivity index (χ1n) is 9.54. The Morgan fingerprint density at radius 2 is 1.83 bits per heavy atom. The highest BCUT2D eigenvalue weighted by Crippen LogP contribution is 2.29. The number of ether oxygens (including phenoxy) is 1. The van der Waals surface area contributed by atoms with Gasteiger partial charge in [-0.15, -0.1) is 0 Å². The Hall–Kier alpha value is -2.48. The number of benzene rings is 1. The van der Waals surface area contributed by atoms with Gasteiger partial charge in [0.25, 0.3) is 12.3 Å². The second kappa shape index (κ2) is 9.35. The van der Waals surface area contributed by atoms with Crippen LogP contribution in [0.3, 0.4) is 0 Å². The molecule has 160 valence electrons. The van der Waals surface area contributed by atoms with E-state index >= 15 is 0 Å². The van der Waals surface area contributed by atoms with E-state index in [2.05, 4.69) is 5.10 Å². The molecular formula is C21H29F2N3O3. The van der Waals surface area contributed by atoms with Crippen LogP contribution in [0.15, 0.2) is 18.3 Å². The van der Waals surface area contributed by atoms with Crippen LogP contribution in [0.2, 0.25) is 0 Å². The highest BCUT2D eigenvalue weighted by Gasteiger charge is 2.33. The Bertz CT molecular complexity index is 844. The summed E-state index contributed by atoms with van der Waals surface area (Å²) in [5.41, 5.74) is 2.38. The van der Waals surface area contributed by atoms with E-state index in [0.717, 1.165) is 27.5 Å². The highest BCUT2D eigenvalue weighted by molar-refractivity contribution is 5.94. The van der Waals surface area contributed by atoms with Crippen molar-refractivity contribution in [3.8, 4) is 5.75 Å². The minimum absolute atomic E-state index is 0.186. The van der Waals surface area contributed by atoms with E-state index in [0.29, 0.717) is 6.42 Å². The topological polar surface area (TPSA) is 56.6 Å². The fourth-order valence-electron chi connectivity index (χ4n) is 3.56. The summed E-state index contributed by atoms with van der Waals surface area (Å²) in [5.74, 6) is 0.0789. The van der Waals surface area contributed by atoms with E-state index in [1.807, 2.05) is 39.8 Å². The summed E-state index contributed by atoms with van der Waals surface area (Å²) in [5, 5.41) is 4.78. The van der Waals surface area contributed by atoms with Crippen molar-refractivity contribution in [1.29, 1.82) is 0 Å². The summed E-state index contributed by atoms with van der Waals surface area (Å²) >= 11 is 0. The predicted molar refractivity (Wildman–Crippen MR) is 106 cm³/mol. The fourth-order valence-corrected chi connectivity index (χ4v) is 3.56. The first kappa shape index (κ1) is 22.8. The molecule has 1 amide bonds. The van der Waals surface area contributed by atoms with Gasteiger partial charge < -0.3 is 4.74 Å². The minimum atomic E-state index is -2.86. The molecule has 0 bridgehead atoms. The second-order valence-electron chi connectivity index (χ2n) is 7.25. The summed E-state index contributed by atoms with van der Waals surface area (Å²) < 4.78 is 34.0. The molecule has 0 aliphatic heterocycles. The number of alkyl halides is 2. The van der Waals surface area contributed by atoms with E-state index in [1.54, 1.807) is 6.92 Å². The van der Waals surface area contributed by atoms with Crippen molar-refractivity contribution in [1.82, 2.24) is 14.8 Å². The van der Waals surface area contributed by atoms with Crippen molar-refractivity contribution in [3.05, 3.63) is 46.3 Å². The van der Waals surface area contributed by atoms with Crippen molar-refractivity contribution >= 4 is 5.91 Å². The van der Waals surface area contributed by atoms with Gasteiger partial charge in [-0.2, -0.15) is 5.10 Å². The number of carbonyl (C=O) groups excluding carboxylic acids is 1. The number of aromatic nitrogens is 2. The molecule has 0 saturated heterocycles. The Kier molecular flexibility index (Phi) is 7.35. The molecule has 0 fully saturated rings. The molecular weight excluding hydrogens is 380 g/mol. The van der Waals surface area contributed by atoms with E-state index in [9.17, 15) is 13.6 Å². The molecule has 0 radical (unpaired) electrons. The zero-order valence-corrected chi connectivity index (χ0v) is 18.0. The molecule has 0 N–H and O–H groups in total. The smallest absolute Gasteiger partial charge is 0.282 e. The summed E-state index contributed by atoms with van der Waals surface area (Å²) in [4.78, 5) is 18.3. The molecule has 2 aromatic rings. The molecule has 0 aliphatic rings. The van der Waals surface area contributed by atoms with Gasteiger partial charge in [-0.05, 0) is 45.2 Å². The summed E-state index contributed by atoms with van der Waals surface area (Å²) in [6, 6.07) is 3.54. The van der Waals surface area contributed by atoms with Crippen molar-refractivity contribution in [2.24, 2.45) is 7.05 Å². The van der Waals surface area contributed by atoms with E-state index in [4.69, 9.17) is 9.57 Å². The molecule has 1 aromatic carbocycles. The third-order valence-electron chi connectivity index (χ3n) is 4.88. The predicted octanol–water partition coefficient (Wildman–Crippen LogP) is 4.53. The normalized spacial score (nSPS) is 13.4. The average Bonchev–Trinajstić information content (AvgIpc) is 3.03. The van der Waals surface area contributed by atoms with Gasteiger partial charge in [-0.25, -0.2) is 13.8 Å². The van der Waals surface area contributed by atoms with Crippen molar-refractivity contribution in [2.45, 2.75) is 59.6 Å². The number of aryl methyl sites for hydroxylation is 4. The number of amides is 1. The maximum Gasteiger partial charge on any atom is 0.282 e. The van der Waals surface area contributed by atoms with Gasteiger partial charge >= 0.3 is 0 Å². The Morgan fingerprint density at radius 1 is 1.24 bits per heavy atom. The first-order valence-corrected chi connectivity index (χ1v) is 9.54. The molecule has 2 rings (SSSR count). The monoisotopic (exact) mass is 409 g/mol. The molecule has 2 atom stereocenters. The largest absolute Gasteiger partial charge is 0.488 e. The highest BCUT2D eigenvalue weighted by atomic mass is 19.3. The number of hydrogen-bond donors (Lipinski definition) is 0. The molecule has 0 saturated carbocycles. The number of halogens is 2. The Labute approximate surface area is 170 Å². The van der Waals surface area contributed by atoms with Gasteiger partial charge in [0.15, 0.2) is 0 Å². The summed E-state index contributed by atoms with van der Waals surface area (Å²) in [6.45, 7) is 9.66. The van der Waals surface area contributed by atoms with Crippen LogP contribution in [-0.2, 0) is 11.9 Å². The third-order valence-corrected chi connectivity index (χ3v) is 4.88. The molecule has 29 heavy (non-hydrogen) atoms. The van der Waals surface area contributed by atoms with Crippen LogP contribution in [-0.4, -0.2) is 40.0 Å². The van der Waals surface area contributed by atoms with Gasteiger partial charge in [0.2, 0.25) is 0 Å². The van der Waals surface area contributed by atoms with E-state index < -0.39 is 30.2 Å². The Morgan fingerprint density at radius 3 is 2.31 bits per heavy atom.